The number of hydrogen-bond acceptors (Lipinski definition) is 6. The number of anilines is 1. The van der Waals surface area contributed by atoms with Crippen LogP contribution in [0.3, 0.4) is 0 Å². The highest BCUT2D eigenvalue weighted by atomic mass is 16.5. The summed E-state index contributed by atoms with van der Waals surface area (Å²) in [5.74, 6) is 0.330. The lowest BCUT2D eigenvalue weighted by atomic mass is 9.95. The largest absolute Gasteiger partial charge is 0.489 e. The molecule has 0 radical (unpaired) electrons. The molecule has 29 heavy (non-hydrogen) atoms. The molecule has 160 valence electrons. The van der Waals surface area contributed by atoms with Gasteiger partial charge in [-0.3, -0.25) is 9.59 Å². The summed E-state index contributed by atoms with van der Waals surface area (Å²) < 4.78 is 5.80. The summed E-state index contributed by atoms with van der Waals surface area (Å²) in [5.41, 5.74) is 1.35. The topological polar surface area (TPSA) is 111 Å². The van der Waals surface area contributed by atoms with Gasteiger partial charge in [-0.05, 0) is 31.0 Å². The lowest BCUT2D eigenvalue weighted by Crippen LogP contribution is -2.47. The number of likely N-dealkylation sites (N-methyl/N-ethyl adjacent to an activating group) is 1. The number of aliphatic hydroxyl groups is 2. The number of carbonyl (C=O) groups is 2. The zero-order valence-corrected chi connectivity index (χ0v) is 16.9. The van der Waals surface area contributed by atoms with Gasteiger partial charge in [-0.1, -0.05) is 19.3 Å². The van der Waals surface area contributed by atoms with E-state index in [1.807, 2.05) is 18.0 Å². The summed E-state index contributed by atoms with van der Waals surface area (Å²) >= 11 is 0. The van der Waals surface area contributed by atoms with Crippen LogP contribution in [-0.2, 0) is 4.79 Å². The van der Waals surface area contributed by atoms with E-state index in [1.54, 1.807) is 12.1 Å². The number of fused-ring (bicyclic) bond motifs is 1. The monoisotopic (exact) mass is 405 g/mol. The molecule has 1 aromatic rings. The number of nitrogens with zero attached hydrogens (tertiary/aromatic N) is 1. The highest BCUT2D eigenvalue weighted by Gasteiger charge is 2.28. The van der Waals surface area contributed by atoms with Crippen molar-refractivity contribution >= 4 is 17.5 Å². The van der Waals surface area contributed by atoms with E-state index in [9.17, 15) is 9.59 Å². The predicted octanol–water partition coefficient (Wildman–Crippen LogP) is 0.806. The second-order valence-electron chi connectivity index (χ2n) is 7.90. The minimum Gasteiger partial charge on any atom is -0.489 e. The Labute approximate surface area is 171 Å². The van der Waals surface area contributed by atoms with Crippen molar-refractivity contribution in [3.63, 3.8) is 0 Å². The van der Waals surface area contributed by atoms with Crippen LogP contribution < -0.4 is 20.3 Å². The molecule has 3 rings (SSSR count). The number of rotatable bonds is 7. The van der Waals surface area contributed by atoms with Crippen molar-refractivity contribution < 1.29 is 24.5 Å². The Bertz CT molecular complexity index is 716. The van der Waals surface area contributed by atoms with Crippen LogP contribution in [0.15, 0.2) is 18.2 Å². The van der Waals surface area contributed by atoms with E-state index >= 15 is 0 Å². The summed E-state index contributed by atoms with van der Waals surface area (Å²) in [5, 5.41) is 24.0. The first-order chi connectivity index (χ1) is 14.0. The number of carbonyl (C=O) groups excluding carboxylic acids is 2. The van der Waals surface area contributed by atoms with Gasteiger partial charge in [0.25, 0.3) is 5.91 Å². The average molecular weight is 405 g/mol. The van der Waals surface area contributed by atoms with Crippen molar-refractivity contribution in [2.75, 3.05) is 31.8 Å². The zero-order chi connectivity index (χ0) is 20.8. The van der Waals surface area contributed by atoms with Gasteiger partial charge in [0.2, 0.25) is 5.91 Å². The molecule has 1 atom stereocenters. The molecule has 0 bridgehead atoms. The van der Waals surface area contributed by atoms with Crippen LogP contribution in [-0.4, -0.2) is 67.0 Å². The fourth-order valence-electron chi connectivity index (χ4n) is 3.91. The number of hydrogen-bond donors (Lipinski definition) is 4. The molecule has 1 fully saturated rings. The molecule has 2 amide bonds. The van der Waals surface area contributed by atoms with Gasteiger partial charge in [-0.15, -0.1) is 0 Å². The molecule has 1 saturated carbocycles. The van der Waals surface area contributed by atoms with E-state index < -0.39 is 6.04 Å². The normalized spacial score (nSPS) is 19.4. The van der Waals surface area contributed by atoms with Gasteiger partial charge in [0.15, 0.2) is 0 Å². The van der Waals surface area contributed by atoms with Crippen molar-refractivity contribution in [3.8, 4) is 5.75 Å². The quantitative estimate of drug-likeness (QED) is 0.534. The third kappa shape index (κ3) is 5.39. The van der Waals surface area contributed by atoms with Crippen LogP contribution in [0.4, 0.5) is 5.69 Å². The first-order valence-electron chi connectivity index (χ1n) is 10.3. The number of ether oxygens (including phenoxy) is 1. The molecule has 8 heteroatoms. The van der Waals surface area contributed by atoms with Gasteiger partial charge < -0.3 is 30.5 Å². The Morgan fingerprint density at radius 2 is 1.93 bits per heavy atom. The van der Waals surface area contributed by atoms with Crippen LogP contribution in [0.5, 0.6) is 5.75 Å². The molecule has 0 saturated heterocycles. The fraction of sp³-hybridized carbons (Fsp3) is 0.619. The maximum atomic E-state index is 12.7. The van der Waals surface area contributed by atoms with Crippen molar-refractivity contribution in [3.05, 3.63) is 23.8 Å². The van der Waals surface area contributed by atoms with Gasteiger partial charge in [-0.25, -0.2) is 0 Å². The molecule has 1 aromatic carbocycles. The number of amides is 2. The van der Waals surface area contributed by atoms with E-state index in [0.717, 1.165) is 31.4 Å². The van der Waals surface area contributed by atoms with Gasteiger partial charge in [0, 0.05) is 18.7 Å². The highest BCUT2D eigenvalue weighted by molar-refractivity contribution is 5.96. The van der Waals surface area contributed by atoms with Gasteiger partial charge in [0.05, 0.1) is 37.4 Å². The van der Waals surface area contributed by atoms with E-state index in [0.29, 0.717) is 17.9 Å². The Morgan fingerprint density at radius 1 is 1.21 bits per heavy atom. The zero-order valence-electron chi connectivity index (χ0n) is 16.9. The maximum Gasteiger partial charge on any atom is 0.251 e. The Balaban J connectivity index is 1.65. The lowest BCUT2D eigenvalue weighted by molar-refractivity contribution is -0.123. The van der Waals surface area contributed by atoms with Crippen molar-refractivity contribution in [2.24, 2.45) is 0 Å². The van der Waals surface area contributed by atoms with Gasteiger partial charge >= 0.3 is 0 Å². The summed E-state index contributed by atoms with van der Waals surface area (Å²) in [4.78, 5) is 26.8. The molecule has 1 aliphatic carbocycles. The van der Waals surface area contributed by atoms with Crippen LogP contribution in [0.25, 0.3) is 0 Å². The SMILES string of the molecule is CN1c2cc(C(=O)NC3CCCCC3)ccc2OCC1CC(=O)NC(CO)CO. The molecular formula is C21H31N3O5. The third-order valence-electron chi connectivity index (χ3n) is 5.75. The van der Waals surface area contributed by atoms with E-state index in [2.05, 4.69) is 10.6 Å². The van der Waals surface area contributed by atoms with Crippen LogP contribution in [0.1, 0.15) is 48.9 Å². The molecule has 1 aliphatic heterocycles. The Morgan fingerprint density at radius 3 is 2.62 bits per heavy atom. The minimum absolute atomic E-state index is 0.0818. The lowest BCUT2D eigenvalue weighted by Gasteiger charge is -2.36. The van der Waals surface area contributed by atoms with E-state index in [4.69, 9.17) is 14.9 Å². The fourth-order valence-corrected chi connectivity index (χ4v) is 3.91. The molecule has 4 N–H and O–H groups in total. The Hall–Kier alpha value is -2.32. The molecule has 1 unspecified atom stereocenters. The first-order valence-corrected chi connectivity index (χ1v) is 10.3. The molecule has 1 heterocycles. The average Bonchev–Trinajstić information content (AvgIpc) is 2.74. The molecular weight excluding hydrogens is 374 g/mol. The summed E-state index contributed by atoms with van der Waals surface area (Å²) in [6.45, 7) is -0.295. The summed E-state index contributed by atoms with van der Waals surface area (Å²) in [7, 11) is 1.87. The van der Waals surface area contributed by atoms with Gasteiger partial charge in [0.1, 0.15) is 12.4 Å². The first kappa shape index (κ1) is 21.4. The van der Waals surface area contributed by atoms with E-state index in [-0.39, 0.29) is 43.5 Å². The van der Waals surface area contributed by atoms with Crippen molar-refractivity contribution in [1.29, 1.82) is 0 Å². The maximum absolute atomic E-state index is 12.7. The van der Waals surface area contributed by atoms with E-state index in [1.165, 1.54) is 6.42 Å². The van der Waals surface area contributed by atoms with Crippen LogP contribution >= 0.6 is 0 Å². The standard InChI is InChI=1S/C21H31N3O5/c1-24-17(10-20(27)22-16(11-25)12-26)13-29-19-8-7-14(9-18(19)24)21(28)23-15-5-3-2-4-6-15/h7-9,15-17,25-26H,2-6,10-13H2,1H3,(H,22,27)(H,23,28). The second-order valence-corrected chi connectivity index (χ2v) is 7.90. The molecule has 0 spiro atoms. The smallest absolute Gasteiger partial charge is 0.251 e. The number of aliphatic hydroxyl groups excluding tert-OH is 2. The highest BCUT2D eigenvalue weighted by Crippen LogP contribution is 2.34. The van der Waals surface area contributed by atoms with Crippen molar-refractivity contribution in [1.82, 2.24) is 10.6 Å². The van der Waals surface area contributed by atoms with Crippen LogP contribution in [0.2, 0.25) is 0 Å². The molecule has 0 aromatic heterocycles. The second kappa shape index (κ2) is 9.93. The summed E-state index contributed by atoms with van der Waals surface area (Å²) in [6.07, 6.45) is 5.76. The summed E-state index contributed by atoms with van der Waals surface area (Å²) in [6, 6.07) is 4.73. The number of nitrogens with one attached hydrogen (secondary N) is 2. The van der Waals surface area contributed by atoms with Gasteiger partial charge in [-0.2, -0.15) is 0 Å². The number of benzene rings is 1. The third-order valence-corrected chi connectivity index (χ3v) is 5.75. The Kier molecular flexibility index (Phi) is 7.33. The molecule has 2 aliphatic rings. The molecule has 8 nitrogen and oxygen atoms in total. The minimum atomic E-state index is -0.667. The predicted molar refractivity (Wildman–Crippen MR) is 109 cm³/mol. The van der Waals surface area contributed by atoms with Crippen LogP contribution in [0, 0.1) is 0 Å². The van der Waals surface area contributed by atoms with Crippen molar-refractivity contribution in [2.45, 2.75) is 56.7 Å².